The van der Waals surface area contributed by atoms with Crippen LogP contribution in [0.2, 0.25) is 5.02 Å². The summed E-state index contributed by atoms with van der Waals surface area (Å²) < 4.78 is 5.76. The molecule has 1 fully saturated rings. The lowest BCUT2D eigenvalue weighted by molar-refractivity contribution is -0.136. The van der Waals surface area contributed by atoms with Crippen molar-refractivity contribution in [1.82, 2.24) is 4.90 Å². The summed E-state index contributed by atoms with van der Waals surface area (Å²) in [4.78, 5) is 15.1. The second-order valence-electron chi connectivity index (χ2n) is 6.44. The molecule has 0 aromatic heterocycles. The Hall–Kier alpha value is -2.10. The average Bonchev–Trinajstić information content (AvgIpc) is 2.60. The summed E-state index contributed by atoms with van der Waals surface area (Å²) in [7, 11) is 0. The van der Waals surface area contributed by atoms with E-state index in [1.54, 1.807) is 0 Å². The summed E-state index contributed by atoms with van der Waals surface area (Å²) >= 11 is 6.01. The zero-order valence-corrected chi connectivity index (χ0v) is 15.2. The maximum Gasteiger partial charge on any atom is 0.254 e. The zero-order valence-electron chi connectivity index (χ0n) is 14.5. The molecule has 1 heterocycles. The Labute approximate surface area is 153 Å². The number of morpholine rings is 1. The smallest absolute Gasteiger partial charge is 0.254 e. The highest BCUT2D eigenvalue weighted by Crippen LogP contribution is 2.24. The van der Waals surface area contributed by atoms with Crippen molar-refractivity contribution in [2.24, 2.45) is 0 Å². The van der Waals surface area contributed by atoms with Crippen LogP contribution in [0.5, 0.6) is 0 Å². The van der Waals surface area contributed by atoms with Crippen LogP contribution in [0.4, 0.5) is 0 Å². The van der Waals surface area contributed by atoms with E-state index in [2.05, 4.69) is 0 Å². The monoisotopic (exact) mass is 355 g/mol. The molecule has 25 heavy (non-hydrogen) atoms. The number of carbonyl (C=O) groups is 1. The molecule has 130 valence electrons. The first-order valence-electron chi connectivity index (χ1n) is 8.50. The van der Waals surface area contributed by atoms with Gasteiger partial charge in [-0.05, 0) is 43.2 Å². The highest BCUT2D eigenvalue weighted by atomic mass is 35.5. The predicted molar refractivity (Wildman–Crippen MR) is 102 cm³/mol. The summed E-state index contributed by atoms with van der Waals surface area (Å²) in [5.74, 6) is 0.0215. The van der Waals surface area contributed by atoms with Crippen LogP contribution in [-0.4, -0.2) is 36.1 Å². The van der Waals surface area contributed by atoms with Gasteiger partial charge < -0.3 is 9.64 Å². The SMILES string of the molecule is CC1CN(C(=O)C(=Cc2ccccc2)c2ccc(Cl)cc2)CC(C)O1. The van der Waals surface area contributed by atoms with Crippen molar-refractivity contribution < 1.29 is 9.53 Å². The van der Waals surface area contributed by atoms with Crippen molar-refractivity contribution in [3.63, 3.8) is 0 Å². The third-order valence-corrected chi connectivity index (χ3v) is 4.46. The van der Waals surface area contributed by atoms with Gasteiger partial charge >= 0.3 is 0 Å². The van der Waals surface area contributed by atoms with Crippen LogP contribution >= 0.6 is 11.6 Å². The number of rotatable bonds is 3. The van der Waals surface area contributed by atoms with E-state index in [0.29, 0.717) is 23.7 Å². The van der Waals surface area contributed by atoms with Gasteiger partial charge in [0.15, 0.2) is 0 Å². The fourth-order valence-electron chi connectivity index (χ4n) is 3.13. The zero-order chi connectivity index (χ0) is 17.8. The first kappa shape index (κ1) is 17.7. The van der Waals surface area contributed by atoms with Crippen LogP contribution in [0.1, 0.15) is 25.0 Å². The van der Waals surface area contributed by atoms with Crippen molar-refractivity contribution in [1.29, 1.82) is 0 Å². The summed E-state index contributed by atoms with van der Waals surface area (Å²) in [6, 6.07) is 17.3. The molecule has 1 aliphatic rings. The highest BCUT2D eigenvalue weighted by Gasteiger charge is 2.28. The van der Waals surface area contributed by atoms with Gasteiger partial charge in [-0.15, -0.1) is 0 Å². The molecule has 0 bridgehead atoms. The number of benzene rings is 2. The molecule has 4 heteroatoms. The number of hydrogen-bond donors (Lipinski definition) is 0. The Morgan fingerprint density at radius 2 is 1.64 bits per heavy atom. The molecule has 0 N–H and O–H groups in total. The lowest BCUT2D eigenvalue weighted by Crippen LogP contribution is -2.48. The number of carbonyl (C=O) groups excluding carboxylic acids is 1. The molecule has 1 amide bonds. The molecule has 2 aromatic carbocycles. The van der Waals surface area contributed by atoms with Gasteiger partial charge in [-0.2, -0.15) is 0 Å². The standard InChI is InChI=1S/C21H22ClNO2/c1-15-13-23(14-16(2)25-15)21(24)20(12-17-6-4-3-5-7-17)18-8-10-19(22)11-9-18/h3-12,15-16H,13-14H2,1-2H3. The summed E-state index contributed by atoms with van der Waals surface area (Å²) in [5.41, 5.74) is 2.53. The predicted octanol–water partition coefficient (Wildman–Crippen LogP) is 4.52. The number of amides is 1. The molecule has 2 atom stereocenters. The van der Waals surface area contributed by atoms with Crippen LogP contribution in [0, 0.1) is 0 Å². The minimum absolute atomic E-state index is 0.0215. The molecule has 2 unspecified atom stereocenters. The summed E-state index contributed by atoms with van der Waals surface area (Å²) in [6.07, 6.45) is 2.02. The van der Waals surface area contributed by atoms with Crippen molar-refractivity contribution in [2.45, 2.75) is 26.1 Å². The number of nitrogens with zero attached hydrogens (tertiary/aromatic N) is 1. The molecule has 0 aliphatic carbocycles. The van der Waals surface area contributed by atoms with Gasteiger partial charge in [0.2, 0.25) is 0 Å². The van der Waals surface area contributed by atoms with Gasteiger partial charge in [0.25, 0.3) is 5.91 Å². The van der Waals surface area contributed by atoms with Gasteiger partial charge in [0.1, 0.15) is 0 Å². The van der Waals surface area contributed by atoms with Gasteiger partial charge in [-0.1, -0.05) is 54.1 Å². The van der Waals surface area contributed by atoms with Crippen LogP contribution < -0.4 is 0 Å². The van der Waals surface area contributed by atoms with Gasteiger partial charge in [-0.3, -0.25) is 4.79 Å². The van der Waals surface area contributed by atoms with E-state index < -0.39 is 0 Å². The third-order valence-electron chi connectivity index (χ3n) is 4.20. The van der Waals surface area contributed by atoms with E-state index in [1.165, 1.54) is 0 Å². The highest BCUT2D eigenvalue weighted by molar-refractivity contribution is 6.31. The minimum Gasteiger partial charge on any atom is -0.372 e. The molecule has 1 aliphatic heterocycles. The topological polar surface area (TPSA) is 29.5 Å². The van der Waals surface area contributed by atoms with E-state index in [0.717, 1.165) is 11.1 Å². The quantitative estimate of drug-likeness (QED) is 0.598. The molecule has 0 saturated carbocycles. The third kappa shape index (κ3) is 4.50. The Balaban J connectivity index is 1.97. The lowest BCUT2D eigenvalue weighted by atomic mass is 10.0. The maximum atomic E-state index is 13.2. The molecular weight excluding hydrogens is 334 g/mol. The van der Waals surface area contributed by atoms with Gasteiger partial charge in [0, 0.05) is 23.7 Å². The first-order chi connectivity index (χ1) is 12.0. The van der Waals surface area contributed by atoms with Crippen molar-refractivity contribution in [3.05, 3.63) is 70.7 Å². The Kier molecular flexibility index (Phi) is 5.57. The van der Waals surface area contributed by atoms with Crippen LogP contribution in [-0.2, 0) is 9.53 Å². The normalized spacial score (nSPS) is 21.2. The summed E-state index contributed by atoms with van der Waals surface area (Å²) in [6.45, 7) is 5.20. The van der Waals surface area contributed by atoms with Crippen molar-refractivity contribution in [3.8, 4) is 0 Å². The van der Waals surface area contributed by atoms with E-state index in [9.17, 15) is 4.79 Å². The molecule has 0 spiro atoms. The van der Waals surface area contributed by atoms with Crippen LogP contribution in [0.15, 0.2) is 54.6 Å². The van der Waals surface area contributed by atoms with Crippen LogP contribution in [0.25, 0.3) is 11.6 Å². The summed E-state index contributed by atoms with van der Waals surface area (Å²) in [5, 5.41) is 0.656. The second-order valence-corrected chi connectivity index (χ2v) is 6.88. The van der Waals surface area contributed by atoms with E-state index >= 15 is 0 Å². The Morgan fingerprint density at radius 1 is 1.04 bits per heavy atom. The molecule has 2 aromatic rings. The van der Waals surface area contributed by atoms with Crippen LogP contribution in [0.3, 0.4) is 0 Å². The van der Waals surface area contributed by atoms with Crippen molar-refractivity contribution in [2.75, 3.05) is 13.1 Å². The Bertz CT molecular complexity index is 745. The second kappa shape index (κ2) is 7.85. The number of hydrogen-bond acceptors (Lipinski definition) is 2. The molecule has 3 nitrogen and oxygen atoms in total. The molecule has 0 radical (unpaired) electrons. The van der Waals surface area contributed by atoms with E-state index in [1.807, 2.05) is 79.4 Å². The molecule has 3 rings (SSSR count). The fourth-order valence-corrected chi connectivity index (χ4v) is 3.25. The van der Waals surface area contributed by atoms with E-state index in [-0.39, 0.29) is 18.1 Å². The Morgan fingerprint density at radius 3 is 2.24 bits per heavy atom. The maximum absolute atomic E-state index is 13.2. The lowest BCUT2D eigenvalue weighted by Gasteiger charge is -2.35. The average molecular weight is 356 g/mol. The molecular formula is C21H22ClNO2. The fraction of sp³-hybridized carbons (Fsp3) is 0.286. The van der Waals surface area contributed by atoms with Crippen molar-refractivity contribution >= 4 is 29.2 Å². The van der Waals surface area contributed by atoms with Gasteiger partial charge in [0.05, 0.1) is 12.2 Å². The first-order valence-corrected chi connectivity index (χ1v) is 8.88. The molecule has 1 saturated heterocycles. The minimum atomic E-state index is 0.0215. The number of ether oxygens (including phenoxy) is 1. The van der Waals surface area contributed by atoms with Gasteiger partial charge in [-0.25, -0.2) is 0 Å². The van der Waals surface area contributed by atoms with E-state index in [4.69, 9.17) is 16.3 Å². The largest absolute Gasteiger partial charge is 0.372 e. The number of halogens is 1.